The van der Waals surface area contributed by atoms with Gasteiger partial charge in [0.05, 0.1) is 7.11 Å². The standard InChI is InChI=1S/C16H16N2O3/c1-21-14-9-11(8-10-4-2-3-5-12(10)14)17-16(20)13-6-7-15(19)18-13/h2-5,8-9,13H,6-7H2,1H3,(H,17,20)(H,18,19)/t13-/m1/s1. The fraction of sp³-hybridized carbons (Fsp3) is 0.250. The molecule has 2 aromatic rings. The number of nitrogens with one attached hydrogen (secondary N) is 2. The lowest BCUT2D eigenvalue weighted by Crippen LogP contribution is -2.37. The van der Waals surface area contributed by atoms with Crippen molar-refractivity contribution < 1.29 is 14.3 Å². The Kier molecular flexibility index (Phi) is 3.48. The molecule has 21 heavy (non-hydrogen) atoms. The molecule has 5 heteroatoms. The number of fused-ring (bicyclic) bond motifs is 1. The molecule has 2 N–H and O–H groups in total. The van der Waals surface area contributed by atoms with Gasteiger partial charge in [-0.05, 0) is 17.9 Å². The van der Waals surface area contributed by atoms with Gasteiger partial charge in [0.1, 0.15) is 11.8 Å². The summed E-state index contributed by atoms with van der Waals surface area (Å²) in [5.41, 5.74) is 0.664. The average molecular weight is 284 g/mol. The molecule has 0 bridgehead atoms. The van der Waals surface area contributed by atoms with Crippen LogP contribution in [-0.4, -0.2) is 25.0 Å². The van der Waals surface area contributed by atoms with Crippen LogP contribution in [0.25, 0.3) is 10.8 Å². The molecule has 0 saturated carbocycles. The molecule has 3 rings (SSSR count). The molecule has 2 amide bonds. The van der Waals surface area contributed by atoms with Crippen molar-refractivity contribution in [2.24, 2.45) is 0 Å². The van der Waals surface area contributed by atoms with Crippen molar-refractivity contribution in [1.29, 1.82) is 0 Å². The van der Waals surface area contributed by atoms with Gasteiger partial charge in [0.2, 0.25) is 11.8 Å². The number of amides is 2. The van der Waals surface area contributed by atoms with Gasteiger partial charge in [0.25, 0.3) is 0 Å². The van der Waals surface area contributed by atoms with Gasteiger partial charge >= 0.3 is 0 Å². The third-order valence-electron chi connectivity index (χ3n) is 3.62. The molecular formula is C16H16N2O3. The maximum absolute atomic E-state index is 12.1. The lowest BCUT2D eigenvalue weighted by Gasteiger charge is -2.13. The Labute approximate surface area is 122 Å². The van der Waals surface area contributed by atoms with E-state index in [-0.39, 0.29) is 11.8 Å². The van der Waals surface area contributed by atoms with Gasteiger partial charge in [0.15, 0.2) is 0 Å². The highest BCUT2D eigenvalue weighted by atomic mass is 16.5. The zero-order chi connectivity index (χ0) is 14.8. The largest absolute Gasteiger partial charge is 0.496 e. The van der Waals surface area contributed by atoms with Crippen LogP contribution in [0, 0.1) is 0 Å². The van der Waals surface area contributed by atoms with Crippen molar-refractivity contribution in [2.45, 2.75) is 18.9 Å². The first-order valence-corrected chi connectivity index (χ1v) is 6.84. The molecule has 1 heterocycles. The molecule has 1 fully saturated rings. The Morgan fingerprint density at radius 1 is 1.33 bits per heavy atom. The van der Waals surface area contributed by atoms with Crippen molar-refractivity contribution in [3.63, 3.8) is 0 Å². The maximum Gasteiger partial charge on any atom is 0.246 e. The maximum atomic E-state index is 12.1. The van der Waals surface area contributed by atoms with Crippen LogP contribution in [0.15, 0.2) is 36.4 Å². The van der Waals surface area contributed by atoms with Crippen molar-refractivity contribution in [3.8, 4) is 5.75 Å². The van der Waals surface area contributed by atoms with Gasteiger partial charge in [-0.3, -0.25) is 9.59 Å². The fourth-order valence-corrected chi connectivity index (χ4v) is 2.56. The van der Waals surface area contributed by atoms with Crippen LogP contribution in [0.3, 0.4) is 0 Å². The summed E-state index contributed by atoms with van der Waals surface area (Å²) >= 11 is 0. The summed E-state index contributed by atoms with van der Waals surface area (Å²) in [6.45, 7) is 0. The Bertz CT molecular complexity index is 712. The second kappa shape index (κ2) is 5.44. The SMILES string of the molecule is COc1cc(NC(=O)[C@H]2CCC(=O)N2)cc2ccccc12. The summed E-state index contributed by atoms with van der Waals surface area (Å²) in [4.78, 5) is 23.3. The van der Waals surface area contributed by atoms with Crippen LogP contribution in [0.5, 0.6) is 5.75 Å². The van der Waals surface area contributed by atoms with Crippen LogP contribution in [0.1, 0.15) is 12.8 Å². The van der Waals surface area contributed by atoms with Gasteiger partial charge in [-0.25, -0.2) is 0 Å². The molecule has 0 aromatic heterocycles. The number of rotatable bonds is 3. The van der Waals surface area contributed by atoms with Crippen LogP contribution in [-0.2, 0) is 9.59 Å². The smallest absolute Gasteiger partial charge is 0.246 e. The number of carbonyl (C=O) groups is 2. The second-order valence-electron chi connectivity index (χ2n) is 5.05. The van der Waals surface area contributed by atoms with E-state index < -0.39 is 6.04 Å². The molecule has 0 aliphatic carbocycles. The lowest BCUT2D eigenvalue weighted by molar-refractivity contribution is -0.122. The van der Waals surface area contributed by atoms with Gasteiger partial charge < -0.3 is 15.4 Å². The van der Waals surface area contributed by atoms with Gasteiger partial charge in [0, 0.05) is 23.6 Å². The van der Waals surface area contributed by atoms with Gasteiger partial charge in [-0.1, -0.05) is 24.3 Å². The summed E-state index contributed by atoms with van der Waals surface area (Å²) in [6, 6.07) is 11.0. The van der Waals surface area contributed by atoms with Crippen molar-refractivity contribution in [2.75, 3.05) is 12.4 Å². The molecule has 1 aliphatic heterocycles. The molecule has 1 aliphatic rings. The van der Waals surface area contributed by atoms with E-state index in [0.29, 0.717) is 24.3 Å². The minimum absolute atomic E-state index is 0.0776. The Morgan fingerprint density at radius 3 is 2.86 bits per heavy atom. The number of hydrogen-bond acceptors (Lipinski definition) is 3. The van der Waals surface area contributed by atoms with Crippen LogP contribution in [0.4, 0.5) is 5.69 Å². The summed E-state index contributed by atoms with van der Waals surface area (Å²) in [5.74, 6) is 0.434. The van der Waals surface area contributed by atoms with E-state index in [1.807, 2.05) is 30.3 Å². The summed E-state index contributed by atoms with van der Waals surface area (Å²) in [7, 11) is 1.60. The van der Waals surface area contributed by atoms with Crippen LogP contribution in [0.2, 0.25) is 0 Å². The molecule has 5 nitrogen and oxygen atoms in total. The molecule has 0 unspecified atom stereocenters. The number of hydrogen-bond donors (Lipinski definition) is 2. The highest BCUT2D eigenvalue weighted by Gasteiger charge is 2.27. The van der Waals surface area contributed by atoms with E-state index in [1.54, 1.807) is 13.2 Å². The second-order valence-corrected chi connectivity index (χ2v) is 5.05. The van der Waals surface area contributed by atoms with Crippen molar-refractivity contribution in [3.05, 3.63) is 36.4 Å². The number of carbonyl (C=O) groups excluding carboxylic acids is 2. The molecular weight excluding hydrogens is 268 g/mol. The van der Waals surface area contributed by atoms with E-state index in [0.717, 1.165) is 10.8 Å². The average Bonchev–Trinajstić information content (AvgIpc) is 2.93. The van der Waals surface area contributed by atoms with Gasteiger partial charge in [-0.2, -0.15) is 0 Å². The van der Waals surface area contributed by atoms with E-state index in [2.05, 4.69) is 10.6 Å². The van der Waals surface area contributed by atoms with E-state index in [9.17, 15) is 9.59 Å². The topological polar surface area (TPSA) is 67.4 Å². The zero-order valence-electron chi connectivity index (χ0n) is 11.7. The third kappa shape index (κ3) is 2.67. The fourth-order valence-electron chi connectivity index (χ4n) is 2.56. The minimum Gasteiger partial charge on any atom is -0.496 e. The molecule has 0 radical (unpaired) electrons. The highest BCUT2D eigenvalue weighted by Crippen LogP contribution is 2.29. The van der Waals surface area contributed by atoms with Crippen LogP contribution < -0.4 is 15.4 Å². The third-order valence-corrected chi connectivity index (χ3v) is 3.62. The lowest BCUT2D eigenvalue weighted by atomic mass is 10.1. The molecule has 1 atom stereocenters. The number of anilines is 1. The predicted octanol–water partition coefficient (Wildman–Crippen LogP) is 2.07. The van der Waals surface area contributed by atoms with E-state index >= 15 is 0 Å². The highest BCUT2D eigenvalue weighted by molar-refractivity contribution is 6.01. The summed E-state index contributed by atoms with van der Waals surface area (Å²) < 4.78 is 5.37. The Morgan fingerprint density at radius 2 is 2.14 bits per heavy atom. The molecule has 1 saturated heterocycles. The zero-order valence-corrected chi connectivity index (χ0v) is 11.7. The molecule has 108 valence electrons. The predicted molar refractivity (Wildman–Crippen MR) is 80.3 cm³/mol. The van der Waals surface area contributed by atoms with Crippen molar-refractivity contribution >= 4 is 28.3 Å². The number of benzene rings is 2. The first-order chi connectivity index (χ1) is 10.2. The Balaban J connectivity index is 1.87. The molecule has 0 spiro atoms. The first kappa shape index (κ1) is 13.4. The normalized spacial score (nSPS) is 17.6. The number of methoxy groups -OCH3 is 1. The van der Waals surface area contributed by atoms with E-state index in [1.165, 1.54) is 0 Å². The van der Waals surface area contributed by atoms with Crippen LogP contribution >= 0.6 is 0 Å². The monoisotopic (exact) mass is 284 g/mol. The van der Waals surface area contributed by atoms with Crippen molar-refractivity contribution in [1.82, 2.24) is 5.32 Å². The minimum atomic E-state index is -0.449. The quantitative estimate of drug-likeness (QED) is 0.906. The first-order valence-electron chi connectivity index (χ1n) is 6.84. The number of ether oxygens (including phenoxy) is 1. The summed E-state index contributed by atoms with van der Waals surface area (Å²) in [5, 5.41) is 7.48. The summed E-state index contributed by atoms with van der Waals surface area (Å²) in [6.07, 6.45) is 0.939. The van der Waals surface area contributed by atoms with E-state index in [4.69, 9.17) is 4.74 Å². The Hall–Kier alpha value is -2.56. The molecule has 2 aromatic carbocycles. The van der Waals surface area contributed by atoms with Gasteiger partial charge in [-0.15, -0.1) is 0 Å².